The van der Waals surface area contributed by atoms with Crippen molar-refractivity contribution in [3.8, 4) is 11.3 Å². The fourth-order valence-electron chi connectivity index (χ4n) is 3.84. The molecular weight excluding hydrogens is 334 g/mol. The molecule has 2 aliphatic rings. The number of hydrogen-bond acceptors (Lipinski definition) is 4. The largest absolute Gasteiger partial charge is 0.339 e. The van der Waals surface area contributed by atoms with Gasteiger partial charge in [0.05, 0.1) is 11.6 Å². The molecule has 0 radical (unpaired) electrons. The van der Waals surface area contributed by atoms with Gasteiger partial charge in [0.2, 0.25) is 11.8 Å². The van der Waals surface area contributed by atoms with Crippen molar-refractivity contribution >= 4 is 29.0 Å². The van der Waals surface area contributed by atoms with Crippen molar-refractivity contribution in [2.75, 3.05) is 11.9 Å². The lowest BCUT2D eigenvalue weighted by Crippen LogP contribution is -2.35. The summed E-state index contributed by atoms with van der Waals surface area (Å²) in [5.41, 5.74) is 2.50. The third-order valence-corrected chi connectivity index (χ3v) is 5.80. The van der Waals surface area contributed by atoms with Crippen LogP contribution in [0, 0.1) is 5.92 Å². The molecule has 1 atom stereocenters. The average Bonchev–Trinajstić information content (AvgIpc) is 3.35. The summed E-state index contributed by atoms with van der Waals surface area (Å²) < 4.78 is 4.41. The molecule has 6 heteroatoms. The number of carbonyl (C=O) groups excluding carboxylic acids is 2. The highest BCUT2D eigenvalue weighted by atomic mass is 32.1. The number of hydrogen-bond donors (Lipinski definition) is 1. The Hall–Kier alpha value is -2.21. The summed E-state index contributed by atoms with van der Waals surface area (Å²) in [5, 5.41) is 4.85. The smallest absolute Gasteiger partial charge is 0.229 e. The molecule has 25 heavy (non-hydrogen) atoms. The second-order valence-corrected chi connectivity index (χ2v) is 7.45. The van der Waals surface area contributed by atoms with E-state index in [1.54, 1.807) is 0 Å². The van der Waals surface area contributed by atoms with E-state index in [1.807, 2.05) is 40.6 Å². The molecule has 0 bridgehead atoms. The van der Waals surface area contributed by atoms with E-state index < -0.39 is 0 Å². The van der Waals surface area contributed by atoms with Crippen LogP contribution in [0.1, 0.15) is 32.1 Å². The topological polar surface area (TPSA) is 62.3 Å². The van der Waals surface area contributed by atoms with Crippen LogP contribution < -0.4 is 5.32 Å². The first-order valence-corrected chi connectivity index (χ1v) is 9.66. The standard InChI is InChI=1S/C19H21N3O2S/c23-17-10-14(11-22(17)15-8-4-5-9-15)19(24)20-16-12-25-21-18(16)13-6-2-1-3-7-13/h1-3,6-7,12,14-15H,4-5,8-11H2,(H,20,24). The van der Waals surface area contributed by atoms with E-state index in [9.17, 15) is 9.59 Å². The number of carbonyl (C=O) groups is 2. The van der Waals surface area contributed by atoms with Crippen molar-refractivity contribution in [2.24, 2.45) is 5.92 Å². The lowest BCUT2D eigenvalue weighted by Gasteiger charge is -2.23. The monoisotopic (exact) mass is 355 g/mol. The van der Waals surface area contributed by atoms with Crippen LogP contribution in [0.4, 0.5) is 5.69 Å². The zero-order valence-corrected chi connectivity index (χ0v) is 14.8. The van der Waals surface area contributed by atoms with Crippen molar-refractivity contribution in [1.82, 2.24) is 9.27 Å². The molecular formula is C19H21N3O2S. The summed E-state index contributed by atoms with van der Waals surface area (Å²) in [6.45, 7) is 0.549. The molecule has 2 aromatic rings. The van der Waals surface area contributed by atoms with Crippen LogP contribution in [-0.4, -0.2) is 33.7 Å². The van der Waals surface area contributed by atoms with Crippen LogP contribution in [0.15, 0.2) is 35.7 Å². The Morgan fingerprint density at radius 2 is 1.96 bits per heavy atom. The molecule has 0 spiro atoms. The highest BCUT2D eigenvalue weighted by Crippen LogP contribution is 2.32. The zero-order valence-electron chi connectivity index (χ0n) is 14.0. The van der Waals surface area contributed by atoms with E-state index >= 15 is 0 Å². The predicted octanol–water partition coefficient (Wildman–Crippen LogP) is 3.54. The van der Waals surface area contributed by atoms with Gasteiger partial charge in [-0.3, -0.25) is 9.59 Å². The number of aromatic nitrogens is 1. The Morgan fingerprint density at radius 1 is 1.20 bits per heavy atom. The maximum absolute atomic E-state index is 12.7. The van der Waals surface area contributed by atoms with Gasteiger partial charge in [-0.2, -0.15) is 4.37 Å². The summed E-state index contributed by atoms with van der Waals surface area (Å²) in [7, 11) is 0. The third-order valence-electron chi connectivity index (χ3n) is 5.17. The molecule has 1 unspecified atom stereocenters. The minimum atomic E-state index is -0.267. The highest BCUT2D eigenvalue weighted by molar-refractivity contribution is 7.04. The van der Waals surface area contributed by atoms with Gasteiger partial charge in [-0.1, -0.05) is 43.2 Å². The lowest BCUT2D eigenvalue weighted by molar-refractivity contribution is -0.129. The molecule has 1 aliphatic carbocycles. The lowest BCUT2D eigenvalue weighted by atomic mass is 10.1. The molecule has 1 saturated carbocycles. The number of rotatable bonds is 4. The molecule has 1 aliphatic heterocycles. The van der Waals surface area contributed by atoms with E-state index in [4.69, 9.17) is 0 Å². The molecule has 1 aromatic heterocycles. The maximum atomic E-state index is 12.7. The minimum absolute atomic E-state index is 0.0776. The molecule has 2 amide bonds. The third kappa shape index (κ3) is 3.31. The molecule has 1 saturated heterocycles. The minimum Gasteiger partial charge on any atom is -0.339 e. The van der Waals surface area contributed by atoms with Crippen LogP contribution in [0.2, 0.25) is 0 Å². The molecule has 2 heterocycles. The van der Waals surface area contributed by atoms with Gasteiger partial charge in [0.1, 0.15) is 5.69 Å². The molecule has 4 rings (SSSR count). The first kappa shape index (κ1) is 16.3. The number of anilines is 1. The van der Waals surface area contributed by atoms with Gasteiger partial charge in [0.25, 0.3) is 0 Å². The Morgan fingerprint density at radius 3 is 2.72 bits per heavy atom. The van der Waals surface area contributed by atoms with Crippen molar-refractivity contribution in [3.05, 3.63) is 35.7 Å². The molecule has 130 valence electrons. The van der Waals surface area contributed by atoms with Crippen molar-refractivity contribution in [3.63, 3.8) is 0 Å². The summed E-state index contributed by atoms with van der Waals surface area (Å²) in [4.78, 5) is 26.9. The summed E-state index contributed by atoms with van der Waals surface area (Å²) in [6.07, 6.45) is 4.85. The fraction of sp³-hybridized carbons (Fsp3) is 0.421. The zero-order chi connectivity index (χ0) is 17.2. The Bertz CT molecular complexity index is 768. The molecule has 1 N–H and O–H groups in total. The van der Waals surface area contributed by atoms with Gasteiger partial charge in [-0.05, 0) is 24.4 Å². The highest BCUT2D eigenvalue weighted by Gasteiger charge is 2.38. The Balaban J connectivity index is 1.45. The van der Waals surface area contributed by atoms with E-state index in [-0.39, 0.29) is 17.7 Å². The summed E-state index contributed by atoms with van der Waals surface area (Å²) in [6, 6.07) is 10.2. The van der Waals surface area contributed by atoms with Gasteiger partial charge in [0, 0.05) is 30.0 Å². The second-order valence-electron chi connectivity index (χ2n) is 6.82. The van der Waals surface area contributed by atoms with Gasteiger partial charge in [0.15, 0.2) is 0 Å². The second kappa shape index (κ2) is 6.96. The SMILES string of the molecule is O=C(Nc1csnc1-c1ccccc1)C1CC(=O)N(C2CCCC2)C1. The number of benzene rings is 1. The average molecular weight is 355 g/mol. The normalized spacial score (nSPS) is 21.0. The molecule has 5 nitrogen and oxygen atoms in total. The van der Waals surface area contributed by atoms with Crippen molar-refractivity contribution in [2.45, 2.75) is 38.1 Å². The van der Waals surface area contributed by atoms with Crippen LogP contribution in [0.25, 0.3) is 11.3 Å². The van der Waals surface area contributed by atoms with Crippen LogP contribution >= 0.6 is 11.5 Å². The molecule has 2 fully saturated rings. The van der Waals surface area contributed by atoms with Crippen molar-refractivity contribution < 1.29 is 9.59 Å². The van der Waals surface area contributed by atoms with E-state index in [0.717, 1.165) is 29.8 Å². The molecule has 1 aromatic carbocycles. The van der Waals surface area contributed by atoms with Gasteiger partial charge in [-0.25, -0.2) is 0 Å². The first-order chi connectivity index (χ1) is 12.2. The van der Waals surface area contributed by atoms with E-state index in [0.29, 0.717) is 19.0 Å². The number of nitrogens with one attached hydrogen (secondary N) is 1. The van der Waals surface area contributed by atoms with Gasteiger partial charge in [-0.15, -0.1) is 0 Å². The number of nitrogens with zero attached hydrogens (tertiary/aromatic N) is 2. The quantitative estimate of drug-likeness (QED) is 0.912. The van der Waals surface area contributed by atoms with Crippen molar-refractivity contribution in [1.29, 1.82) is 0 Å². The predicted molar refractivity (Wildman–Crippen MR) is 98.3 cm³/mol. The van der Waals surface area contributed by atoms with Crippen LogP contribution in [0.3, 0.4) is 0 Å². The Labute approximate surface area is 151 Å². The van der Waals surface area contributed by atoms with Gasteiger partial charge < -0.3 is 10.2 Å². The van der Waals surface area contributed by atoms with Crippen LogP contribution in [0.5, 0.6) is 0 Å². The summed E-state index contributed by atoms with van der Waals surface area (Å²) >= 11 is 1.32. The number of amides is 2. The number of likely N-dealkylation sites (tertiary alicyclic amines) is 1. The summed E-state index contributed by atoms with van der Waals surface area (Å²) in [5.74, 6) is -0.221. The Kier molecular flexibility index (Phi) is 4.53. The first-order valence-electron chi connectivity index (χ1n) is 8.82. The maximum Gasteiger partial charge on any atom is 0.229 e. The van der Waals surface area contributed by atoms with E-state index in [1.165, 1.54) is 24.4 Å². The fourth-order valence-corrected chi connectivity index (χ4v) is 4.48. The van der Waals surface area contributed by atoms with E-state index in [2.05, 4.69) is 9.69 Å². The van der Waals surface area contributed by atoms with Gasteiger partial charge >= 0.3 is 0 Å². The van der Waals surface area contributed by atoms with Crippen LogP contribution in [-0.2, 0) is 9.59 Å².